The number of hydrogen-bond donors (Lipinski definition) is 0. The molecule has 1 rings (SSSR count). The Bertz CT molecular complexity index is 398. The van der Waals surface area contributed by atoms with Crippen molar-refractivity contribution in [2.75, 3.05) is 0 Å². The number of ether oxygens (including phenoxy) is 1. The summed E-state index contributed by atoms with van der Waals surface area (Å²) < 4.78 is 5.86. The number of nitriles is 1. The lowest BCUT2D eigenvalue weighted by atomic mass is 9.67. The molecule has 1 saturated carbocycles. The number of hydrogen-bond acceptors (Lipinski definition) is 2. The maximum atomic E-state index is 9.34. The van der Waals surface area contributed by atoms with Gasteiger partial charge in [0.25, 0.3) is 6.26 Å². The van der Waals surface area contributed by atoms with Crippen LogP contribution in [0.5, 0.6) is 0 Å². The van der Waals surface area contributed by atoms with Gasteiger partial charge in [0.2, 0.25) is 0 Å². The third-order valence-corrected chi connectivity index (χ3v) is 6.46. The number of unbranched alkanes of at least 4 members (excludes halogenated alkanes) is 4. The van der Waals surface area contributed by atoms with Gasteiger partial charge >= 0.3 is 0 Å². The van der Waals surface area contributed by atoms with E-state index >= 15 is 0 Å². The highest BCUT2D eigenvalue weighted by Crippen LogP contribution is 2.45. The molecule has 0 heterocycles. The van der Waals surface area contributed by atoms with Gasteiger partial charge in [0.1, 0.15) is 5.60 Å². The van der Waals surface area contributed by atoms with Crippen LogP contribution in [0.25, 0.3) is 0 Å². The summed E-state index contributed by atoms with van der Waals surface area (Å²) in [7, 11) is 0. The molecule has 0 bridgehead atoms. The first kappa shape index (κ1) is 23.3. The lowest BCUT2D eigenvalue weighted by Gasteiger charge is -2.44. The van der Waals surface area contributed by atoms with E-state index in [0.717, 1.165) is 30.6 Å². The summed E-state index contributed by atoms with van der Waals surface area (Å²) in [5.74, 6) is 2.98. The molecular formula is C24H45NO. The Morgan fingerprint density at radius 3 is 2.15 bits per heavy atom. The van der Waals surface area contributed by atoms with E-state index in [2.05, 4.69) is 40.9 Å². The van der Waals surface area contributed by atoms with E-state index in [1.165, 1.54) is 70.6 Å². The molecule has 0 aliphatic heterocycles. The average Bonchev–Trinajstić information content (AvgIpc) is 2.57. The van der Waals surface area contributed by atoms with Crippen molar-refractivity contribution in [1.82, 2.24) is 0 Å². The van der Waals surface area contributed by atoms with E-state index in [1.807, 2.05) is 0 Å². The Labute approximate surface area is 164 Å². The number of nitrogens with zero attached hydrogens (tertiary/aromatic N) is 1. The van der Waals surface area contributed by atoms with Crippen LogP contribution in [0, 0.1) is 35.2 Å². The average molecular weight is 364 g/mol. The van der Waals surface area contributed by atoms with Crippen LogP contribution in [0.4, 0.5) is 0 Å². The zero-order valence-electron chi connectivity index (χ0n) is 18.4. The van der Waals surface area contributed by atoms with Crippen molar-refractivity contribution in [2.24, 2.45) is 23.7 Å². The van der Waals surface area contributed by atoms with Crippen LogP contribution >= 0.6 is 0 Å². The molecule has 0 aromatic carbocycles. The first-order valence-electron chi connectivity index (χ1n) is 11.5. The van der Waals surface area contributed by atoms with Gasteiger partial charge in [0.15, 0.2) is 0 Å². The summed E-state index contributed by atoms with van der Waals surface area (Å²) in [6.45, 7) is 11.6. The van der Waals surface area contributed by atoms with Gasteiger partial charge in [-0.2, -0.15) is 5.26 Å². The maximum absolute atomic E-state index is 9.34. The number of rotatable bonds is 13. The summed E-state index contributed by atoms with van der Waals surface area (Å²) in [5.41, 5.74) is -0.156. The first-order chi connectivity index (χ1) is 12.4. The van der Waals surface area contributed by atoms with E-state index in [-0.39, 0.29) is 5.60 Å². The molecule has 0 saturated heterocycles. The lowest BCUT2D eigenvalue weighted by Crippen LogP contribution is -2.44. The Morgan fingerprint density at radius 1 is 0.962 bits per heavy atom. The molecule has 1 fully saturated rings. The Kier molecular flexibility index (Phi) is 11.3. The monoisotopic (exact) mass is 363 g/mol. The quantitative estimate of drug-likeness (QED) is 0.246. The fourth-order valence-corrected chi connectivity index (χ4v) is 4.77. The van der Waals surface area contributed by atoms with Gasteiger partial charge in [0.05, 0.1) is 0 Å². The van der Waals surface area contributed by atoms with Gasteiger partial charge in [-0.25, -0.2) is 0 Å². The van der Waals surface area contributed by atoms with Crippen molar-refractivity contribution in [3.8, 4) is 6.26 Å². The molecule has 1 aliphatic rings. The predicted octanol–water partition coefficient (Wildman–Crippen LogP) is 7.87. The molecule has 2 nitrogen and oxygen atoms in total. The second-order valence-electron chi connectivity index (χ2n) is 9.86. The molecule has 0 amide bonds. The highest BCUT2D eigenvalue weighted by Gasteiger charge is 2.44. The molecule has 3 atom stereocenters. The minimum atomic E-state index is -0.156. The predicted molar refractivity (Wildman–Crippen MR) is 112 cm³/mol. The molecule has 0 spiro atoms. The normalized spacial score (nSPS) is 26.2. The SMILES string of the molecule is CC(C)CCCCCC1CC(C)CCC1(CCCCCC(C)C)OC#N. The summed E-state index contributed by atoms with van der Waals surface area (Å²) in [5, 5.41) is 9.34. The Morgan fingerprint density at radius 2 is 1.58 bits per heavy atom. The third-order valence-electron chi connectivity index (χ3n) is 6.46. The zero-order chi connectivity index (χ0) is 19.4. The minimum Gasteiger partial charge on any atom is -0.421 e. The van der Waals surface area contributed by atoms with Crippen LogP contribution in [0.3, 0.4) is 0 Å². The van der Waals surface area contributed by atoms with Crippen LogP contribution in [-0.4, -0.2) is 5.60 Å². The van der Waals surface area contributed by atoms with Crippen LogP contribution in [-0.2, 0) is 4.74 Å². The largest absolute Gasteiger partial charge is 0.421 e. The molecule has 3 unspecified atom stereocenters. The summed E-state index contributed by atoms with van der Waals surface area (Å²) >= 11 is 0. The standard InChI is InChI=1S/C24H45NO/c1-20(2)12-8-6-10-14-23-18-22(5)15-17-24(23,26-19-25)16-11-7-9-13-21(3)4/h20-23H,6-18H2,1-5H3. The fourth-order valence-electron chi connectivity index (χ4n) is 4.77. The molecule has 2 heteroatoms. The van der Waals surface area contributed by atoms with Crippen LogP contribution in [0.15, 0.2) is 0 Å². The molecule has 26 heavy (non-hydrogen) atoms. The molecule has 0 aromatic heterocycles. The zero-order valence-corrected chi connectivity index (χ0v) is 18.4. The first-order valence-corrected chi connectivity index (χ1v) is 11.5. The van der Waals surface area contributed by atoms with Crippen molar-refractivity contribution < 1.29 is 4.74 Å². The van der Waals surface area contributed by atoms with Crippen molar-refractivity contribution in [2.45, 2.75) is 124 Å². The van der Waals surface area contributed by atoms with Crippen molar-refractivity contribution in [3.05, 3.63) is 0 Å². The van der Waals surface area contributed by atoms with E-state index in [9.17, 15) is 5.26 Å². The molecule has 0 N–H and O–H groups in total. The molecule has 0 aromatic rings. The van der Waals surface area contributed by atoms with E-state index in [0.29, 0.717) is 5.92 Å². The molecule has 152 valence electrons. The second kappa shape index (κ2) is 12.6. The lowest BCUT2D eigenvalue weighted by molar-refractivity contribution is -0.0725. The van der Waals surface area contributed by atoms with Gasteiger partial charge in [-0.15, -0.1) is 0 Å². The Balaban J connectivity index is 2.54. The highest BCUT2D eigenvalue weighted by molar-refractivity contribution is 4.95. The van der Waals surface area contributed by atoms with Gasteiger partial charge < -0.3 is 4.74 Å². The highest BCUT2D eigenvalue weighted by atomic mass is 16.5. The molecule has 0 radical (unpaired) electrons. The van der Waals surface area contributed by atoms with Gasteiger partial charge in [-0.05, 0) is 56.3 Å². The van der Waals surface area contributed by atoms with Crippen LogP contribution in [0.2, 0.25) is 0 Å². The van der Waals surface area contributed by atoms with Crippen molar-refractivity contribution in [3.63, 3.8) is 0 Å². The van der Waals surface area contributed by atoms with E-state index in [1.54, 1.807) is 0 Å². The summed E-state index contributed by atoms with van der Waals surface area (Å²) in [6.07, 6.45) is 18.4. The van der Waals surface area contributed by atoms with E-state index < -0.39 is 0 Å². The van der Waals surface area contributed by atoms with Gasteiger partial charge in [0, 0.05) is 5.92 Å². The van der Waals surface area contributed by atoms with E-state index in [4.69, 9.17) is 4.74 Å². The fraction of sp³-hybridized carbons (Fsp3) is 0.958. The third kappa shape index (κ3) is 8.79. The minimum absolute atomic E-state index is 0.156. The van der Waals surface area contributed by atoms with Crippen molar-refractivity contribution >= 4 is 0 Å². The topological polar surface area (TPSA) is 33.0 Å². The molecule has 1 aliphatic carbocycles. The Hall–Kier alpha value is -0.710. The molecular weight excluding hydrogens is 318 g/mol. The van der Waals surface area contributed by atoms with Crippen LogP contribution in [0.1, 0.15) is 118 Å². The summed E-state index contributed by atoms with van der Waals surface area (Å²) in [6, 6.07) is 0. The van der Waals surface area contributed by atoms with Gasteiger partial charge in [-0.3, -0.25) is 0 Å². The van der Waals surface area contributed by atoms with Crippen LogP contribution < -0.4 is 0 Å². The van der Waals surface area contributed by atoms with Crippen molar-refractivity contribution in [1.29, 1.82) is 5.26 Å². The summed E-state index contributed by atoms with van der Waals surface area (Å²) in [4.78, 5) is 0. The smallest absolute Gasteiger partial charge is 0.286 e. The maximum Gasteiger partial charge on any atom is 0.286 e. The van der Waals surface area contributed by atoms with Gasteiger partial charge in [-0.1, -0.05) is 79.6 Å². The second-order valence-corrected chi connectivity index (χ2v) is 9.86.